The number of hydrogen-bond acceptors (Lipinski definition) is 4. The zero-order valence-electron chi connectivity index (χ0n) is 11.5. The van der Waals surface area contributed by atoms with Gasteiger partial charge >= 0.3 is 5.97 Å². The number of ether oxygens (including phenoxy) is 1. The molecule has 0 bridgehead atoms. The zero-order chi connectivity index (χ0) is 13.8. The molecule has 0 aliphatic rings. The van der Waals surface area contributed by atoms with Crippen LogP contribution in [0.5, 0.6) is 0 Å². The summed E-state index contributed by atoms with van der Waals surface area (Å²) in [5, 5.41) is 3.26. The Morgan fingerprint density at radius 1 is 1.39 bits per heavy atom. The van der Waals surface area contributed by atoms with Crippen molar-refractivity contribution in [3.8, 4) is 0 Å². The summed E-state index contributed by atoms with van der Waals surface area (Å²) < 4.78 is 4.74. The number of methoxy groups -OCH3 is 1. The van der Waals surface area contributed by atoms with Crippen LogP contribution in [-0.2, 0) is 4.74 Å². The molecule has 3 N–H and O–H groups in total. The fraction of sp³-hybridized carbons (Fsp3) is 0.500. The first-order valence-electron chi connectivity index (χ1n) is 6.05. The SMILES string of the molecule is COC(=O)c1cc(N)ccc1NCCC(C)(C)C. The van der Waals surface area contributed by atoms with E-state index in [4.69, 9.17) is 10.5 Å². The Kier molecular flexibility index (Phi) is 4.59. The predicted octanol–water partition coefficient (Wildman–Crippen LogP) is 2.90. The van der Waals surface area contributed by atoms with Crippen molar-refractivity contribution < 1.29 is 9.53 Å². The smallest absolute Gasteiger partial charge is 0.340 e. The van der Waals surface area contributed by atoms with Crippen molar-refractivity contribution in [2.75, 3.05) is 24.7 Å². The van der Waals surface area contributed by atoms with Crippen molar-refractivity contribution in [1.82, 2.24) is 0 Å². The van der Waals surface area contributed by atoms with E-state index < -0.39 is 0 Å². The Labute approximate surface area is 109 Å². The summed E-state index contributed by atoms with van der Waals surface area (Å²) in [6, 6.07) is 5.21. The van der Waals surface area contributed by atoms with Crippen molar-refractivity contribution in [2.45, 2.75) is 27.2 Å². The first-order valence-corrected chi connectivity index (χ1v) is 6.05. The number of nitrogens with one attached hydrogen (secondary N) is 1. The van der Waals surface area contributed by atoms with Crippen molar-refractivity contribution in [2.24, 2.45) is 5.41 Å². The molecule has 0 heterocycles. The van der Waals surface area contributed by atoms with Gasteiger partial charge in [-0.05, 0) is 30.0 Å². The maximum Gasteiger partial charge on any atom is 0.340 e. The Morgan fingerprint density at radius 3 is 2.61 bits per heavy atom. The summed E-state index contributed by atoms with van der Waals surface area (Å²) >= 11 is 0. The Hall–Kier alpha value is -1.71. The maximum absolute atomic E-state index is 11.6. The van der Waals surface area contributed by atoms with Crippen LogP contribution in [-0.4, -0.2) is 19.6 Å². The molecule has 1 aromatic rings. The van der Waals surface area contributed by atoms with E-state index in [0.29, 0.717) is 11.3 Å². The molecular formula is C14H22N2O2. The number of hydrogen-bond donors (Lipinski definition) is 2. The van der Waals surface area contributed by atoms with Gasteiger partial charge in [0.15, 0.2) is 0 Å². The van der Waals surface area contributed by atoms with Crippen LogP contribution in [0, 0.1) is 5.41 Å². The number of nitrogens with two attached hydrogens (primary N) is 1. The van der Waals surface area contributed by atoms with Crippen LogP contribution in [0.15, 0.2) is 18.2 Å². The van der Waals surface area contributed by atoms with Gasteiger partial charge in [0.2, 0.25) is 0 Å². The lowest BCUT2D eigenvalue weighted by atomic mass is 9.92. The van der Waals surface area contributed by atoms with Gasteiger partial charge in [0.25, 0.3) is 0 Å². The number of benzene rings is 1. The molecule has 0 aliphatic carbocycles. The summed E-state index contributed by atoms with van der Waals surface area (Å²) in [7, 11) is 1.37. The van der Waals surface area contributed by atoms with Crippen LogP contribution in [0.1, 0.15) is 37.6 Å². The van der Waals surface area contributed by atoms with Crippen LogP contribution < -0.4 is 11.1 Å². The average molecular weight is 250 g/mol. The summed E-state index contributed by atoms with van der Waals surface area (Å²) in [5.74, 6) is -0.374. The van der Waals surface area contributed by atoms with E-state index in [0.717, 1.165) is 18.7 Å². The normalized spacial score (nSPS) is 11.1. The lowest BCUT2D eigenvalue weighted by molar-refractivity contribution is 0.0602. The molecular weight excluding hydrogens is 228 g/mol. The number of anilines is 2. The molecule has 4 heteroatoms. The molecule has 100 valence electrons. The van der Waals surface area contributed by atoms with E-state index in [1.54, 1.807) is 12.1 Å². The second-order valence-electron chi connectivity index (χ2n) is 5.53. The van der Waals surface area contributed by atoms with Crippen molar-refractivity contribution in [1.29, 1.82) is 0 Å². The topological polar surface area (TPSA) is 64.3 Å². The lowest BCUT2D eigenvalue weighted by Crippen LogP contribution is -2.15. The van der Waals surface area contributed by atoms with Gasteiger partial charge in [-0.25, -0.2) is 4.79 Å². The Bertz CT molecular complexity index is 422. The van der Waals surface area contributed by atoms with Crippen LogP contribution in [0.3, 0.4) is 0 Å². The molecule has 0 amide bonds. The third-order valence-corrected chi connectivity index (χ3v) is 2.64. The molecule has 1 aromatic carbocycles. The highest BCUT2D eigenvalue weighted by atomic mass is 16.5. The van der Waals surface area contributed by atoms with Crippen molar-refractivity contribution in [3.63, 3.8) is 0 Å². The van der Waals surface area contributed by atoms with Gasteiger partial charge in [0.05, 0.1) is 12.7 Å². The van der Waals surface area contributed by atoms with Crippen LogP contribution >= 0.6 is 0 Å². The van der Waals surface area contributed by atoms with Gasteiger partial charge in [-0.2, -0.15) is 0 Å². The molecule has 18 heavy (non-hydrogen) atoms. The van der Waals surface area contributed by atoms with E-state index in [-0.39, 0.29) is 11.4 Å². The van der Waals surface area contributed by atoms with E-state index >= 15 is 0 Å². The largest absolute Gasteiger partial charge is 0.465 e. The minimum Gasteiger partial charge on any atom is -0.465 e. The number of esters is 1. The molecule has 0 atom stereocenters. The molecule has 0 unspecified atom stereocenters. The third-order valence-electron chi connectivity index (χ3n) is 2.64. The molecule has 0 radical (unpaired) electrons. The average Bonchev–Trinajstić information content (AvgIpc) is 2.28. The van der Waals surface area contributed by atoms with E-state index in [1.165, 1.54) is 7.11 Å². The number of rotatable bonds is 4. The Balaban J connectivity index is 2.79. The van der Waals surface area contributed by atoms with E-state index in [9.17, 15) is 4.79 Å². The molecule has 0 aliphatic heterocycles. The molecule has 1 rings (SSSR count). The van der Waals surface area contributed by atoms with Gasteiger partial charge in [0.1, 0.15) is 0 Å². The molecule has 0 aromatic heterocycles. The van der Waals surface area contributed by atoms with Crippen LogP contribution in [0.2, 0.25) is 0 Å². The summed E-state index contributed by atoms with van der Waals surface area (Å²) in [6.07, 6.45) is 1.01. The molecule has 0 saturated heterocycles. The van der Waals surface area contributed by atoms with Crippen LogP contribution in [0.25, 0.3) is 0 Å². The van der Waals surface area contributed by atoms with E-state index in [1.807, 2.05) is 6.07 Å². The zero-order valence-corrected chi connectivity index (χ0v) is 11.5. The fourth-order valence-electron chi connectivity index (χ4n) is 1.57. The van der Waals surface area contributed by atoms with Crippen molar-refractivity contribution in [3.05, 3.63) is 23.8 Å². The molecule has 0 saturated carbocycles. The van der Waals surface area contributed by atoms with Gasteiger partial charge in [-0.15, -0.1) is 0 Å². The standard InChI is InChI=1S/C14H22N2O2/c1-14(2,3)7-8-16-12-6-5-10(15)9-11(12)13(17)18-4/h5-6,9,16H,7-8,15H2,1-4H3. The minimum atomic E-state index is -0.374. The van der Waals surface area contributed by atoms with Crippen LogP contribution in [0.4, 0.5) is 11.4 Å². The highest BCUT2D eigenvalue weighted by Crippen LogP contribution is 2.22. The molecule has 4 nitrogen and oxygen atoms in total. The second kappa shape index (κ2) is 5.76. The first-order chi connectivity index (χ1) is 8.33. The number of carbonyl (C=O) groups excluding carboxylic acids is 1. The third kappa shape index (κ3) is 4.28. The van der Waals surface area contributed by atoms with Gasteiger partial charge in [-0.1, -0.05) is 20.8 Å². The summed E-state index contributed by atoms with van der Waals surface area (Å²) in [6.45, 7) is 7.34. The lowest BCUT2D eigenvalue weighted by Gasteiger charge is -2.19. The summed E-state index contributed by atoms with van der Waals surface area (Å²) in [4.78, 5) is 11.6. The monoisotopic (exact) mass is 250 g/mol. The fourth-order valence-corrected chi connectivity index (χ4v) is 1.57. The second-order valence-corrected chi connectivity index (χ2v) is 5.53. The molecule has 0 fully saturated rings. The summed E-state index contributed by atoms with van der Waals surface area (Å²) in [5.41, 5.74) is 7.73. The van der Waals surface area contributed by atoms with Crippen molar-refractivity contribution >= 4 is 17.3 Å². The highest BCUT2D eigenvalue weighted by molar-refractivity contribution is 5.96. The van der Waals surface area contributed by atoms with Gasteiger partial charge < -0.3 is 15.8 Å². The first kappa shape index (κ1) is 14.4. The van der Waals surface area contributed by atoms with Gasteiger partial charge in [0, 0.05) is 17.9 Å². The maximum atomic E-state index is 11.6. The molecule has 0 spiro atoms. The predicted molar refractivity (Wildman–Crippen MR) is 74.8 cm³/mol. The number of nitrogen functional groups attached to an aromatic ring is 1. The minimum absolute atomic E-state index is 0.256. The van der Waals surface area contributed by atoms with E-state index in [2.05, 4.69) is 26.1 Å². The highest BCUT2D eigenvalue weighted by Gasteiger charge is 2.13. The Morgan fingerprint density at radius 2 is 2.06 bits per heavy atom. The quantitative estimate of drug-likeness (QED) is 0.637. The van der Waals surface area contributed by atoms with Gasteiger partial charge in [-0.3, -0.25) is 0 Å². The number of carbonyl (C=O) groups is 1.